The molecule has 1 aliphatic rings. The van der Waals surface area contributed by atoms with Gasteiger partial charge < -0.3 is 4.90 Å². The molecule has 0 saturated heterocycles. The monoisotopic (exact) mass is 313 g/mol. The smallest absolute Gasteiger partial charge is 0.341 e. The van der Waals surface area contributed by atoms with Crippen molar-refractivity contribution >= 4 is 5.91 Å². The SMILES string of the molecule is CN(CCC1=CC=CC1)C(=O)c1cc(F)cc(C(F)(F)F)c1. The van der Waals surface area contributed by atoms with E-state index in [4.69, 9.17) is 0 Å². The number of carbonyl (C=O) groups excluding carboxylic acids is 1. The van der Waals surface area contributed by atoms with E-state index in [0.29, 0.717) is 25.1 Å². The van der Waals surface area contributed by atoms with E-state index in [-0.39, 0.29) is 5.56 Å². The van der Waals surface area contributed by atoms with E-state index in [0.717, 1.165) is 18.1 Å². The first kappa shape index (κ1) is 16.3. The zero-order valence-corrected chi connectivity index (χ0v) is 12.0. The van der Waals surface area contributed by atoms with Gasteiger partial charge in [0, 0.05) is 19.2 Å². The van der Waals surface area contributed by atoms with Gasteiger partial charge in [0.25, 0.3) is 5.91 Å². The van der Waals surface area contributed by atoms with Gasteiger partial charge in [0.2, 0.25) is 0 Å². The van der Waals surface area contributed by atoms with Crippen LogP contribution in [0.5, 0.6) is 0 Å². The molecule has 1 aromatic carbocycles. The van der Waals surface area contributed by atoms with Crippen LogP contribution in [0.25, 0.3) is 0 Å². The molecule has 0 saturated carbocycles. The molecule has 0 N–H and O–H groups in total. The molecule has 22 heavy (non-hydrogen) atoms. The third-order valence-electron chi connectivity index (χ3n) is 3.44. The van der Waals surface area contributed by atoms with Gasteiger partial charge in [-0.1, -0.05) is 23.8 Å². The molecule has 2 rings (SSSR count). The van der Waals surface area contributed by atoms with E-state index in [1.165, 1.54) is 11.9 Å². The van der Waals surface area contributed by atoms with E-state index in [9.17, 15) is 22.4 Å². The summed E-state index contributed by atoms with van der Waals surface area (Å²) in [5.74, 6) is -1.70. The molecule has 0 bridgehead atoms. The summed E-state index contributed by atoms with van der Waals surface area (Å²) in [6, 6.07) is 1.88. The van der Waals surface area contributed by atoms with Crippen molar-refractivity contribution in [1.29, 1.82) is 0 Å². The molecule has 6 heteroatoms. The van der Waals surface area contributed by atoms with Gasteiger partial charge in [-0.05, 0) is 31.0 Å². The molecular formula is C16H15F4NO. The van der Waals surface area contributed by atoms with Crippen LogP contribution in [0.15, 0.2) is 42.0 Å². The summed E-state index contributed by atoms with van der Waals surface area (Å²) in [7, 11) is 1.49. The van der Waals surface area contributed by atoms with Crippen molar-refractivity contribution in [1.82, 2.24) is 4.90 Å². The van der Waals surface area contributed by atoms with Crippen LogP contribution in [0, 0.1) is 5.82 Å². The fourth-order valence-corrected chi connectivity index (χ4v) is 2.19. The average Bonchev–Trinajstić information content (AvgIpc) is 2.95. The van der Waals surface area contributed by atoms with Crippen molar-refractivity contribution < 1.29 is 22.4 Å². The van der Waals surface area contributed by atoms with E-state index in [2.05, 4.69) is 0 Å². The van der Waals surface area contributed by atoms with Crippen LogP contribution in [0.4, 0.5) is 17.6 Å². The Hall–Kier alpha value is -2.11. The van der Waals surface area contributed by atoms with Crippen molar-refractivity contribution in [2.75, 3.05) is 13.6 Å². The Morgan fingerprint density at radius 1 is 1.27 bits per heavy atom. The standard InChI is InChI=1S/C16H15F4NO/c1-21(7-6-11-4-2-3-5-11)15(22)12-8-13(16(18,19)20)10-14(17)9-12/h2-4,8-10H,5-7H2,1H3. The summed E-state index contributed by atoms with van der Waals surface area (Å²) in [6.07, 6.45) is 2.62. The van der Waals surface area contributed by atoms with Crippen LogP contribution in [-0.4, -0.2) is 24.4 Å². The molecule has 1 aliphatic carbocycles. The number of allylic oxidation sites excluding steroid dienone is 3. The number of nitrogens with zero attached hydrogens (tertiary/aromatic N) is 1. The first-order valence-corrected chi connectivity index (χ1v) is 6.75. The predicted molar refractivity (Wildman–Crippen MR) is 74.8 cm³/mol. The minimum absolute atomic E-state index is 0.298. The third kappa shape index (κ3) is 3.96. The first-order valence-electron chi connectivity index (χ1n) is 6.75. The number of halogens is 4. The summed E-state index contributed by atoms with van der Waals surface area (Å²) in [5, 5.41) is 0. The largest absolute Gasteiger partial charge is 0.416 e. The summed E-state index contributed by atoms with van der Waals surface area (Å²) in [4.78, 5) is 13.4. The van der Waals surface area contributed by atoms with Crippen LogP contribution in [0.1, 0.15) is 28.8 Å². The molecular weight excluding hydrogens is 298 g/mol. The number of carbonyl (C=O) groups is 1. The molecule has 0 aliphatic heterocycles. The maximum Gasteiger partial charge on any atom is 0.416 e. The fraction of sp³-hybridized carbons (Fsp3) is 0.312. The van der Waals surface area contributed by atoms with Crippen LogP contribution < -0.4 is 0 Å². The average molecular weight is 313 g/mol. The maximum atomic E-state index is 13.3. The second-order valence-electron chi connectivity index (χ2n) is 5.16. The van der Waals surface area contributed by atoms with Crippen LogP contribution >= 0.6 is 0 Å². The van der Waals surface area contributed by atoms with E-state index in [1.54, 1.807) is 0 Å². The van der Waals surface area contributed by atoms with Crippen molar-refractivity contribution in [2.24, 2.45) is 0 Å². The lowest BCUT2D eigenvalue weighted by Crippen LogP contribution is -2.28. The molecule has 1 amide bonds. The van der Waals surface area contributed by atoms with Crippen molar-refractivity contribution in [3.8, 4) is 0 Å². The second-order valence-corrected chi connectivity index (χ2v) is 5.16. The van der Waals surface area contributed by atoms with Crippen LogP contribution in [0.2, 0.25) is 0 Å². The van der Waals surface area contributed by atoms with Gasteiger partial charge in [-0.2, -0.15) is 13.2 Å². The Balaban J connectivity index is 2.09. The number of rotatable bonds is 4. The third-order valence-corrected chi connectivity index (χ3v) is 3.44. The number of hydrogen-bond donors (Lipinski definition) is 0. The summed E-state index contributed by atoms with van der Waals surface area (Å²) < 4.78 is 51.3. The highest BCUT2D eigenvalue weighted by molar-refractivity contribution is 5.94. The Bertz CT molecular complexity index is 632. The number of benzene rings is 1. The van der Waals surface area contributed by atoms with E-state index in [1.807, 2.05) is 18.2 Å². The van der Waals surface area contributed by atoms with Gasteiger partial charge in [-0.3, -0.25) is 4.79 Å². The molecule has 1 aromatic rings. The van der Waals surface area contributed by atoms with Gasteiger partial charge in [0.15, 0.2) is 0 Å². The van der Waals surface area contributed by atoms with E-state index < -0.39 is 23.5 Å². The molecule has 0 aromatic heterocycles. The van der Waals surface area contributed by atoms with Crippen molar-refractivity contribution in [3.63, 3.8) is 0 Å². The summed E-state index contributed by atoms with van der Waals surface area (Å²) >= 11 is 0. The zero-order chi connectivity index (χ0) is 16.3. The Kier molecular flexibility index (Phi) is 4.68. The lowest BCUT2D eigenvalue weighted by atomic mass is 10.1. The molecule has 0 radical (unpaired) electrons. The maximum absolute atomic E-state index is 13.3. The van der Waals surface area contributed by atoms with Gasteiger partial charge in [-0.25, -0.2) is 4.39 Å². The highest BCUT2D eigenvalue weighted by Gasteiger charge is 2.32. The summed E-state index contributed by atoms with van der Waals surface area (Å²) in [5.41, 5.74) is -0.310. The molecule has 0 heterocycles. The van der Waals surface area contributed by atoms with Crippen LogP contribution in [0.3, 0.4) is 0 Å². The normalized spacial score (nSPS) is 14.1. The molecule has 118 valence electrons. The first-order chi connectivity index (χ1) is 10.3. The predicted octanol–water partition coefficient (Wildman–Crippen LogP) is 4.19. The Morgan fingerprint density at radius 2 is 2.00 bits per heavy atom. The van der Waals surface area contributed by atoms with Crippen molar-refractivity contribution in [2.45, 2.75) is 19.0 Å². The van der Waals surface area contributed by atoms with Gasteiger partial charge in [0.05, 0.1) is 5.56 Å². The van der Waals surface area contributed by atoms with Gasteiger partial charge >= 0.3 is 6.18 Å². The molecule has 0 atom stereocenters. The van der Waals surface area contributed by atoms with E-state index >= 15 is 0 Å². The second kappa shape index (κ2) is 6.34. The minimum atomic E-state index is -4.68. The molecule has 0 unspecified atom stereocenters. The lowest BCUT2D eigenvalue weighted by Gasteiger charge is -2.18. The number of alkyl halides is 3. The Morgan fingerprint density at radius 3 is 2.59 bits per heavy atom. The lowest BCUT2D eigenvalue weighted by molar-refractivity contribution is -0.137. The Labute approximate surface area is 125 Å². The van der Waals surface area contributed by atoms with Gasteiger partial charge in [0.1, 0.15) is 5.82 Å². The molecule has 0 fully saturated rings. The number of hydrogen-bond acceptors (Lipinski definition) is 1. The molecule has 0 spiro atoms. The fourth-order valence-electron chi connectivity index (χ4n) is 2.19. The highest BCUT2D eigenvalue weighted by Crippen LogP contribution is 2.30. The quantitative estimate of drug-likeness (QED) is 0.763. The minimum Gasteiger partial charge on any atom is -0.341 e. The number of amides is 1. The topological polar surface area (TPSA) is 20.3 Å². The molecule has 2 nitrogen and oxygen atoms in total. The highest BCUT2D eigenvalue weighted by atomic mass is 19.4. The zero-order valence-electron chi connectivity index (χ0n) is 12.0. The van der Waals surface area contributed by atoms with Crippen molar-refractivity contribution in [3.05, 3.63) is 58.9 Å². The summed E-state index contributed by atoms with van der Waals surface area (Å²) in [6.45, 7) is 0.365. The van der Waals surface area contributed by atoms with Crippen LogP contribution in [-0.2, 0) is 6.18 Å². The van der Waals surface area contributed by atoms with Gasteiger partial charge in [-0.15, -0.1) is 0 Å².